The summed E-state index contributed by atoms with van der Waals surface area (Å²) < 4.78 is 0. The van der Waals surface area contributed by atoms with Crippen LogP contribution in [0.25, 0.3) is 76.1 Å². The number of benzene rings is 8. The molecule has 0 spiro atoms. The molecule has 0 saturated heterocycles. The molecule has 8 rings (SSSR count). The van der Waals surface area contributed by atoms with Crippen molar-refractivity contribution >= 4 is 53.9 Å². The third kappa shape index (κ3) is 3.90. The summed E-state index contributed by atoms with van der Waals surface area (Å²) >= 11 is 0. The van der Waals surface area contributed by atoms with Crippen molar-refractivity contribution in [1.82, 2.24) is 0 Å². The van der Waals surface area contributed by atoms with E-state index >= 15 is 0 Å². The summed E-state index contributed by atoms with van der Waals surface area (Å²) in [4.78, 5) is 0. The first-order chi connectivity index (χ1) is 20.5. The molecule has 8 aromatic carbocycles. The number of hydrogen-bond donors (Lipinski definition) is 0. The van der Waals surface area contributed by atoms with Gasteiger partial charge < -0.3 is 0 Å². The van der Waals surface area contributed by atoms with E-state index < -0.39 is 0 Å². The van der Waals surface area contributed by atoms with Gasteiger partial charge in [-0.2, -0.15) is 0 Å². The molecular formula is C42H32. The summed E-state index contributed by atoms with van der Waals surface area (Å²) in [6.45, 7) is 6.92. The minimum Gasteiger partial charge on any atom is -0.0616 e. The fourth-order valence-electron chi connectivity index (χ4n) is 6.77. The third-order valence-electron chi connectivity index (χ3n) is 8.96. The van der Waals surface area contributed by atoms with E-state index in [1.54, 1.807) is 0 Å². The van der Waals surface area contributed by atoms with Crippen molar-refractivity contribution in [2.45, 2.75) is 26.2 Å². The maximum atomic E-state index is 2.45. The second kappa shape index (κ2) is 9.29. The van der Waals surface area contributed by atoms with Crippen LogP contribution in [0.15, 0.2) is 140 Å². The molecule has 0 aliphatic heterocycles. The molecule has 0 saturated carbocycles. The largest absolute Gasteiger partial charge is 0.0616 e. The Labute approximate surface area is 246 Å². The van der Waals surface area contributed by atoms with Gasteiger partial charge in [-0.25, -0.2) is 0 Å². The topological polar surface area (TPSA) is 0 Å². The average Bonchev–Trinajstić information content (AvgIpc) is 3.02. The van der Waals surface area contributed by atoms with Crippen LogP contribution in [0.1, 0.15) is 26.3 Å². The summed E-state index contributed by atoms with van der Waals surface area (Å²) in [6.07, 6.45) is 0. The molecule has 200 valence electrons. The summed E-state index contributed by atoms with van der Waals surface area (Å²) in [7, 11) is 0. The van der Waals surface area contributed by atoms with Crippen LogP contribution in [-0.4, -0.2) is 0 Å². The standard InChI is InChI=1S/C42H32/c1-42(2,3)33-22-23-37-39(26-33)41(32-21-19-29-18-17-28-11-6-7-13-34(28)38(29)25-32)36-15-9-8-14-35(36)40(37)31-20-16-27-10-4-5-12-30(27)24-31/h4-26H,1-3H3. The minimum absolute atomic E-state index is 0.0415. The van der Waals surface area contributed by atoms with E-state index in [0.29, 0.717) is 0 Å². The fourth-order valence-corrected chi connectivity index (χ4v) is 6.77. The van der Waals surface area contributed by atoms with Gasteiger partial charge >= 0.3 is 0 Å². The van der Waals surface area contributed by atoms with E-state index in [4.69, 9.17) is 0 Å². The van der Waals surface area contributed by atoms with Crippen molar-refractivity contribution in [1.29, 1.82) is 0 Å². The van der Waals surface area contributed by atoms with Gasteiger partial charge in [-0.1, -0.05) is 142 Å². The van der Waals surface area contributed by atoms with Gasteiger partial charge in [-0.3, -0.25) is 0 Å². The maximum absolute atomic E-state index is 2.45. The van der Waals surface area contributed by atoms with Gasteiger partial charge in [0.15, 0.2) is 0 Å². The summed E-state index contributed by atoms with van der Waals surface area (Å²) in [6, 6.07) is 51.9. The van der Waals surface area contributed by atoms with Gasteiger partial charge in [0.1, 0.15) is 0 Å². The lowest BCUT2D eigenvalue weighted by molar-refractivity contribution is 0.591. The van der Waals surface area contributed by atoms with Crippen LogP contribution in [0.3, 0.4) is 0 Å². The number of hydrogen-bond acceptors (Lipinski definition) is 0. The zero-order valence-corrected chi connectivity index (χ0v) is 24.3. The Bertz CT molecular complexity index is 2330. The first-order valence-corrected chi connectivity index (χ1v) is 14.9. The Hall–Kier alpha value is -4.94. The van der Waals surface area contributed by atoms with Crippen LogP contribution >= 0.6 is 0 Å². The fraction of sp³-hybridized carbons (Fsp3) is 0.0952. The lowest BCUT2D eigenvalue weighted by Gasteiger charge is -2.23. The molecule has 0 N–H and O–H groups in total. The third-order valence-corrected chi connectivity index (χ3v) is 8.96. The highest BCUT2D eigenvalue weighted by molar-refractivity contribution is 6.22. The van der Waals surface area contributed by atoms with E-state index in [1.165, 1.54) is 81.7 Å². The monoisotopic (exact) mass is 536 g/mol. The molecule has 42 heavy (non-hydrogen) atoms. The smallest absolute Gasteiger partial charge is 0.00260 e. The van der Waals surface area contributed by atoms with Crippen molar-refractivity contribution in [2.75, 3.05) is 0 Å². The zero-order valence-electron chi connectivity index (χ0n) is 24.3. The van der Waals surface area contributed by atoms with Crippen LogP contribution in [0.4, 0.5) is 0 Å². The van der Waals surface area contributed by atoms with Gasteiger partial charge in [0.05, 0.1) is 0 Å². The van der Waals surface area contributed by atoms with Gasteiger partial charge in [0.25, 0.3) is 0 Å². The van der Waals surface area contributed by atoms with E-state index in [1.807, 2.05) is 0 Å². The minimum atomic E-state index is 0.0415. The SMILES string of the molecule is CC(C)(C)c1ccc2c(-c3ccc4ccccc4c3)c3ccccc3c(-c3ccc4ccc5ccccc5c4c3)c2c1. The van der Waals surface area contributed by atoms with Crippen molar-refractivity contribution < 1.29 is 0 Å². The summed E-state index contributed by atoms with van der Waals surface area (Å²) in [5, 5.41) is 12.9. The molecule has 0 fully saturated rings. The molecule has 0 aromatic heterocycles. The molecule has 0 amide bonds. The van der Waals surface area contributed by atoms with Crippen molar-refractivity contribution in [3.8, 4) is 22.3 Å². The highest BCUT2D eigenvalue weighted by atomic mass is 14.2. The van der Waals surface area contributed by atoms with Gasteiger partial charge in [-0.05, 0) is 105 Å². The maximum Gasteiger partial charge on any atom is -0.00260 e. The highest BCUT2D eigenvalue weighted by Crippen LogP contribution is 2.46. The molecule has 8 aromatic rings. The molecule has 0 nitrogen and oxygen atoms in total. The highest BCUT2D eigenvalue weighted by Gasteiger charge is 2.20. The summed E-state index contributed by atoms with van der Waals surface area (Å²) in [5.74, 6) is 0. The molecule has 0 atom stereocenters. The Morgan fingerprint density at radius 3 is 1.55 bits per heavy atom. The van der Waals surface area contributed by atoms with Crippen molar-refractivity contribution in [2.24, 2.45) is 0 Å². The van der Waals surface area contributed by atoms with Crippen LogP contribution in [-0.2, 0) is 5.41 Å². The molecule has 0 radical (unpaired) electrons. The second-order valence-electron chi connectivity index (χ2n) is 12.6. The predicted octanol–water partition coefficient (Wildman–Crippen LogP) is 12.1. The van der Waals surface area contributed by atoms with Crippen LogP contribution in [0.5, 0.6) is 0 Å². The Kier molecular flexibility index (Phi) is 5.49. The van der Waals surface area contributed by atoms with Crippen molar-refractivity contribution in [3.63, 3.8) is 0 Å². The zero-order chi connectivity index (χ0) is 28.4. The Balaban J connectivity index is 1.52. The molecule has 0 heteroatoms. The van der Waals surface area contributed by atoms with Gasteiger partial charge in [0, 0.05) is 0 Å². The van der Waals surface area contributed by atoms with E-state index in [2.05, 4.69) is 160 Å². The lowest BCUT2D eigenvalue weighted by atomic mass is 9.81. The quantitative estimate of drug-likeness (QED) is 0.152. The van der Waals surface area contributed by atoms with Gasteiger partial charge in [-0.15, -0.1) is 0 Å². The first-order valence-electron chi connectivity index (χ1n) is 14.9. The Morgan fingerprint density at radius 1 is 0.333 bits per heavy atom. The Morgan fingerprint density at radius 2 is 0.833 bits per heavy atom. The summed E-state index contributed by atoms with van der Waals surface area (Å²) in [5.41, 5.74) is 6.53. The van der Waals surface area contributed by atoms with E-state index in [0.717, 1.165) is 0 Å². The molecule has 0 aliphatic rings. The molecular weight excluding hydrogens is 504 g/mol. The molecule has 0 aliphatic carbocycles. The predicted molar refractivity (Wildman–Crippen MR) is 184 cm³/mol. The number of rotatable bonds is 2. The van der Waals surface area contributed by atoms with Crippen LogP contribution < -0.4 is 0 Å². The van der Waals surface area contributed by atoms with Gasteiger partial charge in [0.2, 0.25) is 0 Å². The molecule has 0 bridgehead atoms. The normalized spacial score (nSPS) is 12.2. The van der Waals surface area contributed by atoms with E-state index in [-0.39, 0.29) is 5.41 Å². The second-order valence-corrected chi connectivity index (χ2v) is 12.6. The molecule has 0 unspecified atom stereocenters. The number of fused-ring (bicyclic) bond motifs is 6. The van der Waals surface area contributed by atoms with Crippen LogP contribution in [0.2, 0.25) is 0 Å². The molecule has 0 heterocycles. The van der Waals surface area contributed by atoms with E-state index in [9.17, 15) is 0 Å². The van der Waals surface area contributed by atoms with Crippen molar-refractivity contribution in [3.05, 3.63) is 145 Å². The first kappa shape index (κ1) is 24.8. The lowest BCUT2D eigenvalue weighted by Crippen LogP contribution is -2.10. The van der Waals surface area contributed by atoms with Crippen LogP contribution in [0, 0.1) is 0 Å². The average molecular weight is 537 g/mol.